The molecule has 3 heteroatoms. The summed E-state index contributed by atoms with van der Waals surface area (Å²) >= 11 is 0. The average molecular weight is 277 g/mol. The standard InChI is InChI=1S/2C6H7.2ClH.Ti/c2*1-6-4-2-3-5-6;;;/h2*2,4H,3H2,1H3;2*1H;/q2*-1;;;+4/p-2. The monoisotopic (exact) mass is 276 g/mol. The smallest absolute Gasteiger partial charge is 1.00 e. The minimum Gasteiger partial charge on any atom is -1.00 e. The van der Waals surface area contributed by atoms with Crippen LogP contribution < -0.4 is 24.8 Å². The number of halogens is 2. The van der Waals surface area contributed by atoms with Crippen LogP contribution in [-0.4, -0.2) is 0 Å². The first-order chi connectivity index (χ1) is 5.79. The van der Waals surface area contributed by atoms with Gasteiger partial charge in [-0.1, -0.05) is 13.8 Å². The van der Waals surface area contributed by atoms with E-state index in [4.69, 9.17) is 0 Å². The Morgan fingerprint density at radius 3 is 1.27 bits per heavy atom. The van der Waals surface area contributed by atoms with Crippen molar-refractivity contribution in [3.63, 3.8) is 0 Å². The Hall–Kier alpha value is 0.254. The van der Waals surface area contributed by atoms with Crippen molar-refractivity contribution in [3.05, 3.63) is 47.6 Å². The molecule has 0 atom stereocenters. The molecule has 0 spiro atoms. The Labute approximate surface area is 120 Å². The summed E-state index contributed by atoms with van der Waals surface area (Å²) in [6, 6.07) is 0. The molecular weight excluding hydrogens is 263 g/mol. The summed E-state index contributed by atoms with van der Waals surface area (Å²) in [4.78, 5) is 0. The summed E-state index contributed by atoms with van der Waals surface area (Å²) in [7, 11) is 0. The van der Waals surface area contributed by atoms with Crippen molar-refractivity contribution in [1.29, 1.82) is 0 Å². The van der Waals surface area contributed by atoms with Crippen LogP contribution in [0.15, 0.2) is 35.5 Å². The van der Waals surface area contributed by atoms with E-state index in [2.05, 4.69) is 50.3 Å². The molecule has 0 saturated heterocycles. The van der Waals surface area contributed by atoms with Gasteiger partial charge in [0.15, 0.2) is 0 Å². The van der Waals surface area contributed by atoms with Crippen molar-refractivity contribution in [3.8, 4) is 0 Å². The summed E-state index contributed by atoms with van der Waals surface area (Å²) in [5.41, 5.74) is 2.55. The molecule has 0 aromatic carbocycles. The second kappa shape index (κ2) is 12.3. The number of allylic oxidation sites excluding steroid dienone is 8. The zero-order valence-electron chi connectivity index (χ0n) is 8.98. The van der Waals surface area contributed by atoms with E-state index in [-0.39, 0.29) is 46.5 Å². The third kappa shape index (κ3) is 10.5. The van der Waals surface area contributed by atoms with Crippen LogP contribution in [0, 0.1) is 12.2 Å². The largest absolute Gasteiger partial charge is 4.00 e. The Morgan fingerprint density at radius 2 is 1.20 bits per heavy atom. The van der Waals surface area contributed by atoms with E-state index in [1.807, 2.05) is 0 Å². The molecule has 0 nitrogen and oxygen atoms in total. The van der Waals surface area contributed by atoms with Crippen LogP contribution in [-0.2, 0) is 21.7 Å². The molecule has 0 bridgehead atoms. The molecular formula is C12H14Cl2Ti. The van der Waals surface area contributed by atoms with Crippen LogP contribution in [0.4, 0.5) is 0 Å². The molecule has 0 unspecified atom stereocenters. The van der Waals surface area contributed by atoms with E-state index in [0.717, 1.165) is 12.8 Å². The van der Waals surface area contributed by atoms with Crippen LogP contribution in [0.25, 0.3) is 0 Å². The van der Waals surface area contributed by atoms with Crippen molar-refractivity contribution in [2.24, 2.45) is 0 Å². The molecule has 2 aliphatic carbocycles. The Bertz CT molecular complexity index is 229. The average Bonchev–Trinajstić information content (AvgIpc) is 2.63. The van der Waals surface area contributed by atoms with Crippen molar-refractivity contribution >= 4 is 0 Å². The van der Waals surface area contributed by atoms with Crippen LogP contribution in [0.2, 0.25) is 0 Å². The van der Waals surface area contributed by atoms with Crippen LogP contribution >= 0.6 is 0 Å². The first-order valence-corrected chi connectivity index (χ1v) is 4.27. The van der Waals surface area contributed by atoms with Gasteiger partial charge in [0.1, 0.15) is 0 Å². The van der Waals surface area contributed by atoms with E-state index in [1.54, 1.807) is 0 Å². The fourth-order valence-electron chi connectivity index (χ4n) is 1.03. The molecule has 15 heavy (non-hydrogen) atoms. The van der Waals surface area contributed by atoms with E-state index < -0.39 is 0 Å². The van der Waals surface area contributed by atoms with Gasteiger partial charge in [-0.05, 0) is 0 Å². The summed E-state index contributed by atoms with van der Waals surface area (Å²) in [6.07, 6.45) is 16.7. The van der Waals surface area contributed by atoms with Gasteiger partial charge in [0.2, 0.25) is 0 Å². The fourth-order valence-corrected chi connectivity index (χ4v) is 1.03. The molecule has 80 valence electrons. The first-order valence-electron chi connectivity index (χ1n) is 4.27. The van der Waals surface area contributed by atoms with Gasteiger partial charge in [0.05, 0.1) is 0 Å². The van der Waals surface area contributed by atoms with Crippen LogP contribution in [0.3, 0.4) is 0 Å². The van der Waals surface area contributed by atoms with Gasteiger partial charge in [-0.2, -0.15) is 12.2 Å². The van der Waals surface area contributed by atoms with Crippen molar-refractivity contribution in [1.82, 2.24) is 0 Å². The fraction of sp³-hybridized carbons (Fsp3) is 0.333. The predicted octanol–water partition coefficient (Wildman–Crippen LogP) is -2.60. The van der Waals surface area contributed by atoms with Gasteiger partial charge in [0, 0.05) is 0 Å². The second-order valence-electron chi connectivity index (χ2n) is 2.93. The maximum atomic E-state index is 3.12. The van der Waals surface area contributed by atoms with E-state index in [0.29, 0.717) is 0 Å². The van der Waals surface area contributed by atoms with Gasteiger partial charge >= 0.3 is 21.7 Å². The first kappa shape index (κ1) is 20.6. The third-order valence-corrected chi connectivity index (χ3v) is 1.73. The molecule has 0 aliphatic heterocycles. The molecule has 0 fully saturated rings. The zero-order chi connectivity index (χ0) is 8.81. The van der Waals surface area contributed by atoms with Crippen molar-refractivity contribution < 1.29 is 46.5 Å². The van der Waals surface area contributed by atoms with Crippen molar-refractivity contribution in [2.75, 3.05) is 0 Å². The van der Waals surface area contributed by atoms with Gasteiger partial charge < -0.3 is 24.8 Å². The van der Waals surface area contributed by atoms with Crippen molar-refractivity contribution in [2.45, 2.75) is 26.7 Å². The second-order valence-corrected chi connectivity index (χ2v) is 2.93. The van der Waals surface area contributed by atoms with Crippen LogP contribution in [0.1, 0.15) is 26.7 Å². The van der Waals surface area contributed by atoms with Gasteiger partial charge in [-0.25, -0.2) is 23.3 Å². The quantitative estimate of drug-likeness (QED) is 0.336. The Morgan fingerprint density at radius 1 is 0.867 bits per heavy atom. The minimum atomic E-state index is 0. The molecule has 0 aromatic rings. The SMILES string of the molecule is CC1=[C-]CC=C1.CC1=[C-]CC=C1.[Cl-].[Cl-].[Ti+4]. The topological polar surface area (TPSA) is 0 Å². The Kier molecular flexibility index (Phi) is 17.0. The van der Waals surface area contributed by atoms with Crippen LogP contribution in [0.5, 0.6) is 0 Å². The summed E-state index contributed by atoms with van der Waals surface area (Å²) in [5, 5.41) is 0. The van der Waals surface area contributed by atoms with E-state index in [1.165, 1.54) is 11.1 Å². The maximum Gasteiger partial charge on any atom is 4.00 e. The molecule has 0 saturated carbocycles. The molecule has 2 aliphatic rings. The molecule has 0 aromatic heterocycles. The number of hydrogen-bond donors (Lipinski definition) is 0. The molecule has 0 heterocycles. The van der Waals surface area contributed by atoms with E-state index in [9.17, 15) is 0 Å². The van der Waals surface area contributed by atoms with Gasteiger partial charge in [-0.3, -0.25) is 12.2 Å². The van der Waals surface area contributed by atoms with Gasteiger partial charge in [-0.15, -0.1) is 12.8 Å². The predicted molar refractivity (Wildman–Crippen MR) is 52.4 cm³/mol. The summed E-state index contributed by atoms with van der Waals surface area (Å²) < 4.78 is 0. The van der Waals surface area contributed by atoms with E-state index >= 15 is 0 Å². The minimum absolute atomic E-state index is 0. The third-order valence-electron chi connectivity index (χ3n) is 1.73. The molecule has 0 radical (unpaired) electrons. The summed E-state index contributed by atoms with van der Waals surface area (Å²) in [6.45, 7) is 4.12. The Balaban J connectivity index is -0.000000160. The summed E-state index contributed by atoms with van der Waals surface area (Å²) in [5.74, 6) is 0. The normalized spacial score (nSPS) is 14.8. The van der Waals surface area contributed by atoms with Gasteiger partial charge in [0.25, 0.3) is 0 Å². The number of rotatable bonds is 0. The zero-order valence-corrected chi connectivity index (χ0v) is 12.1. The maximum absolute atomic E-state index is 3.12. The molecule has 2 rings (SSSR count). The molecule has 0 N–H and O–H groups in total. The molecule has 0 amide bonds. The number of hydrogen-bond acceptors (Lipinski definition) is 0.